The van der Waals surface area contributed by atoms with Crippen molar-refractivity contribution in [1.29, 1.82) is 0 Å². The number of rotatable bonds is 6. The molecule has 0 aromatic heterocycles. The number of anilines is 2. The molecule has 88 valence electrons. The maximum atomic E-state index is 10.8. The molecule has 1 aromatic rings. The maximum Gasteiger partial charge on any atom is 0.337 e. The van der Waals surface area contributed by atoms with Gasteiger partial charge in [0.05, 0.1) is 23.5 Å². The van der Waals surface area contributed by atoms with Crippen LogP contribution in [0.3, 0.4) is 0 Å². The molecule has 16 heavy (non-hydrogen) atoms. The molecular formula is C11H16N2O3. The molecule has 1 aromatic carbocycles. The van der Waals surface area contributed by atoms with Crippen molar-refractivity contribution in [3.8, 4) is 0 Å². The molecule has 0 fully saturated rings. The van der Waals surface area contributed by atoms with Crippen LogP contribution in [0.15, 0.2) is 18.2 Å². The number of para-hydroxylation sites is 1. The van der Waals surface area contributed by atoms with E-state index in [1.54, 1.807) is 12.1 Å². The molecule has 0 atom stereocenters. The number of nitrogens with two attached hydrogens (primary N) is 1. The summed E-state index contributed by atoms with van der Waals surface area (Å²) < 4.78 is 5.15. The van der Waals surface area contributed by atoms with Crippen molar-refractivity contribution >= 4 is 17.3 Å². The maximum absolute atomic E-state index is 10.8. The Morgan fingerprint density at radius 1 is 1.56 bits per heavy atom. The average molecular weight is 224 g/mol. The van der Waals surface area contributed by atoms with E-state index >= 15 is 0 Å². The number of hydrogen-bond donors (Lipinski definition) is 3. The van der Waals surface area contributed by atoms with Gasteiger partial charge < -0.3 is 20.9 Å². The summed E-state index contributed by atoms with van der Waals surface area (Å²) in [4.78, 5) is 10.8. The van der Waals surface area contributed by atoms with Crippen LogP contribution < -0.4 is 11.1 Å². The van der Waals surface area contributed by atoms with E-state index in [1.165, 1.54) is 6.07 Å². The molecule has 5 nitrogen and oxygen atoms in total. The first-order valence-corrected chi connectivity index (χ1v) is 5.10. The van der Waals surface area contributed by atoms with Gasteiger partial charge in [0.1, 0.15) is 0 Å². The highest BCUT2D eigenvalue weighted by atomic mass is 16.5. The van der Waals surface area contributed by atoms with Crippen molar-refractivity contribution < 1.29 is 14.6 Å². The molecule has 4 N–H and O–H groups in total. The van der Waals surface area contributed by atoms with Crippen LogP contribution in [0.5, 0.6) is 0 Å². The van der Waals surface area contributed by atoms with E-state index in [4.69, 9.17) is 15.6 Å². The van der Waals surface area contributed by atoms with Gasteiger partial charge >= 0.3 is 5.97 Å². The Labute approximate surface area is 94.2 Å². The van der Waals surface area contributed by atoms with E-state index in [0.29, 0.717) is 25.4 Å². The Hall–Kier alpha value is -1.75. The quantitative estimate of drug-likeness (QED) is 0.502. The van der Waals surface area contributed by atoms with Gasteiger partial charge in [-0.25, -0.2) is 4.79 Å². The topological polar surface area (TPSA) is 84.6 Å². The number of carboxylic acids is 1. The number of nitrogens with one attached hydrogen (secondary N) is 1. The molecule has 0 bridgehead atoms. The smallest absolute Gasteiger partial charge is 0.337 e. The Bertz CT molecular complexity index is 366. The van der Waals surface area contributed by atoms with Crippen LogP contribution in [-0.4, -0.2) is 30.8 Å². The van der Waals surface area contributed by atoms with Crippen molar-refractivity contribution in [3.63, 3.8) is 0 Å². The van der Waals surface area contributed by atoms with Crippen molar-refractivity contribution in [2.45, 2.75) is 6.92 Å². The second-order valence-electron chi connectivity index (χ2n) is 3.20. The Balaban J connectivity index is 2.66. The third-order valence-electron chi connectivity index (χ3n) is 2.10. The van der Waals surface area contributed by atoms with E-state index < -0.39 is 5.97 Å². The van der Waals surface area contributed by atoms with Gasteiger partial charge in [0.2, 0.25) is 0 Å². The molecule has 0 saturated heterocycles. The Kier molecular flexibility index (Phi) is 4.60. The number of ether oxygens (including phenoxy) is 1. The summed E-state index contributed by atoms with van der Waals surface area (Å²) >= 11 is 0. The highest BCUT2D eigenvalue weighted by molar-refractivity contribution is 5.97. The number of benzene rings is 1. The fraction of sp³-hybridized carbons (Fsp3) is 0.364. The number of carboxylic acid groups (broad SMARTS) is 1. The number of aromatic carboxylic acids is 1. The lowest BCUT2D eigenvalue weighted by Crippen LogP contribution is -2.12. The predicted molar refractivity (Wildman–Crippen MR) is 62.8 cm³/mol. The summed E-state index contributed by atoms with van der Waals surface area (Å²) in [6, 6.07) is 4.88. The first-order valence-electron chi connectivity index (χ1n) is 5.10. The van der Waals surface area contributed by atoms with Crippen LogP contribution in [0.2, 0.25) is 0 Å². The van der Waals surface area contributed by atoms with Gasteiger partial charge in [0, 0.05) is 13.2 Å². The summed E-state index contributed by atoms with van der Waals surface area (Å²) in [6.45, 7) is 3.74. The Morgan fingerprint density at radius 2 is 2.31 bits per heavy atom. The average Bonchev–Trinajstić information content (AvgIpc) is 2.26. The van der Waals surface area contributed by atoms with Crippen LogP contribution in [0.1, 0.15) is 17.3 Å². The Morgan fingerprint density at radius 3 is 2.94 bits per heavy atom. The van der Waals surface area contributed by atoms with E-state index in [0.717, 1.165) is 0 Å². The largest absolute Gasteiger partial charge is 0.478 e. The van der Waals surface area contributed by atoms with Crippen molar-refractivity contribution in [2.75, 3.05) is 30.8 Å². The third-order valence-corrected chi connectivity index (χ3v) is 2.10. The molecule has 0 saturated carbocycles. The highest BCUT2D eigenvalue weighted by Crippen LogP contribution is 2.22. The first-order chi connectivity index (χ1) is 7.66. The zero-order valence-electron chi connectivity index (χ0n) is 9.19. The fourth-order valence-corrected chi connectivity index (χ4v) is 1.31. The van der Waals surface area contributed by atoms with Crippen molar-refractivity contribution in [3.05, 3.63) is 23.8 Å². The van der Waals surface area contributed by atoms with Gasteiger partial charge in [-0.05, 0) is 19.1 Å². The van der Waals surface area contributed by atoms with E-state index in [9.17, 15) is 4.79 Å². The van der Waals surface area contributed by atoms with Crippen molar-refractivity contribution in [2.24, 2.45) is 0 Å². The standard InChI is InChI=1S/C11H16N2O3/c1-2-16-7-6-13-9-5-3-4-8(10(9)12)11(14)15/h3-5,13H,2,6-7,12H2,1H3,(H,14,15). The molecule has 0 spiro atoms. The van der Waals surface area contributed by atoms with Gasteiger partial charge in [0.25, 0.3) is 0 Å². The molecule has 0 unspecified atom stereocenters. The molecular weight excluding hydrogens is 208 g/mol. The lowest BCUT2D eigenvalue weighted by Gasteiger charge is -2.10. The van der Waals surface area contributed by atoms with Crippen LogP contribution in [0.4, 0.5) is 11.4 Å². The van der Waals surface area contributed by atoms with E-state index in [-0.39, 0.29) is 11.3 Å². The molecule has 0 heterocycles. The molecule has 0 aliphatic carbocycles. The molecule has 0 amide bonds. The summed E-state index contributed by atoms with van der Waals surface area (Å²) in [5.74, 6) is -1.02. The van der Waals surface area contributed by atoms with Gasteiger partial charge in [-0.3, -0.25) is 0 Å². The summed E-state index contributed by atoms with van der Waals surface area (Å²) in [7, 11) is 0. The fourth-order valence-electron chi connectivity index (χ4n) is 1.31. The second-order valence-corrected chi connectivity index (χ2v) is 3.20. The van der Waals surface area contributed by atoms with E-state index in [2.05, 4.69) is 5.32 Å². The molecule has 0 aliphatic rings. The predicted octanol–water partition coefficient (Wildman–Crippen LogP) is 1.42. The molecule has 0 aliphatic heterocycles. The SMILES string of the molecule is CCOCCNc1cccc(C(=O)O)c1N. The normalized spacial score (nSPS) is 10.1. The van der Waals surface area contributed by atoms with Crippen LogP contribution in [0.25, 0.3) is 0 Å². The molecule has 1 rings (SSSR count). The van der Waals surface area contributed by atoms with Crippen molar-refractivity contribution in [1.82, 2.24) is 0 Å². The van der Waals surface area contributed by atoms with Gasteiger partial charge in [-0.1, -0.05) is 6.07 Å². The van der Waals surface area contributed by atoms with Gasteiger partial charge in [0.15, 0.2) is 0 Å². The van der Waals surface area contributed by atoms with Gasteiger partial charge in [-0.15, -0.1) is 0 Å². The summed E-state index contributed by atoms with van der Waals surface area (Å²) in [5.41, 5.74) is 6.71. The lowest BCUT2D eigenvalue weighted by molar-refractivity contribution is 0.0698. The van der Waals surface area contributed by atoms with E-state index in [1.807, 2.05) is 6.92 Å². The van der Waals surface area contributed by atoms with Gasteiger partial charge in [-0.2, -0.15) is 0 Å². The zero-order valence-corrected chi connectivity index (χ0v) is 9.19. The minimum absolute atomic E-state index is 0.112. The summed E-state index contributed by atoms with van der Waals surface area (Å²) in [5, 5.41) is 11.9. The van der Waals surface area contributed by atoms with Crippen LogP contribution in [0, 0.1) is 0 Å². The number of carbonyl (C=O) groups is 1. The first kappa shape index (κ1) is 12.3. The minimum atomic E-state index is -1.02. The van der Waals surface area contributed by atoms with Crippen LogP contribution in [-0.2, 0) is 4.74 Å². The number of hydrogen-bond acceptors (Lipinski definition) is 4. The summed E-state index contributed by atoms with van der Waals surface area (Å²) in [6.07, 6.45) is 0. The molecule has 5 heteroatoms. The lowest BCUT2D eigenvalue weighted by atomic mass is 10.1. The van der Waals surface area contributed by atoms with Crippen LogP contribution >= 0.6 is 0 Å². The molecule has 0 radical (unpaired) electrons. The second kappa shape index (κ2) is 5.97. The minimum Gasteiger partial charge on any atom is -0.478 e. The monoisotopic (exact) mass is 224 g/mol. The third kappa shape index (κ3) is 3.13. The zero-order chi connectivity index (χ0) is 12.0. The highest BCUT2D eigenvalue weighted by Gasteiger charge is 2.10. The number of nitrogen functional groups attached to an aromatic ring is 1.